The van der Waals surface area contributed by atoms with Gasteiger partial charge in [-0.3, -0.25) is 4.79 Å². The fourth-order valence-electron chi connectivity index (χ4n) is 1.87. The minimum atomic E-state index is -0.366. The average molecular weight is 442 g/mol. The lowest BCUT2D eigenvalue weighted by Gasteiger charge is -2.07. The number of amides is 1. The predicted molar refractivity (Wildman–Crippen MR) is 96.3 cm³/mol. The lowest BCUT2D eigenvalue weighted by Crippen LogP contribution is -2.18. The van der Waals surface area contributed by atoms with E-state index >= 15 is 0 Å². The third kappa shape index (κ3) is 4.33. The molecule has 0 bridgehead atoms. The van der Waals surface area contributed by atoms with Crippen LogP contribution in [0.5, 0.6) is 11.5 Å². The van der Waals surface area contributed by atoms with Gasteiger partial charge in [0.2, 0.25) is 0 Å². The second-order valence-electron chi connectivity index (χ2n) is 4.74. The largest absolute Gasteiger partial charge is 0.506 e. The molecule has 0 aliphatic rings. The molecule has 0 saturated heterocycles. The van der Waals surface area contributed by atoms with E-state index in [1.165, 1.54) is 13.3 Å². The van der Waals surface area contributed by atoms with Crippen LogP contribution in [-0.2, 0) is 0 Å². The maximum Gasteiger partial charge on any atom is 0.275 e. The van der Waals surface area contributed by atoms with Gasteiger partial charge in [0.05, 0.1) is 27.8 Å². The van der Waals surface area contributed by atoms with E-state index in [0.717, 1.165) is 5.56 Å². The Balaban J connectivity index is 2.13. The summed E-state index contributed by atoms with van der Waals surface area (Å²) < 4.78 is 6.26. The Labute approximate surface area is 150 Å². The normalized spacial score (nSPS) is 10.8. The first kappa shape index (κ1) is 17.5. The number of carbonyl (C=O) groups excluding carboxylic acids is 1. The number of aromatic hydroxyl groups is 1. The molecule has 2 aromatic rings. The third-order valence-corrected chi connectivity index (χ3v) is 4.23. The van der Waals surface area contributed by atoms with Crippen molar-refractivity contribution in [2.24, 2.45) is 5.10 Å². The minimum Gasteiger partial charge on any atom is -0.506 e. The zero-order valence-corrected chi connectivity index (χ0v) is 15.6. The Morgan fingerprint density at radius 1 is 1.26 bits per heavy atom. The fraction of sp³-hybridized carbons (Fsp3) is 0.125. The average Bonchev–Trinajstić information content (AvgIpc) is 2.52. The molecule has 0 radical (unpaired) electrons. The minimum absolute atomic E-state index is 0.107. The van der Waals surface area contributed by atoms with E-state index < -0.39 is 0 Å². The molecule has 0 aromatic heterocycles. The number of hydrogen-bond donors (Lipinski definition) is 2. The molecule has 0 spiro atoms. The summed E-state index contributed by atoms with van der Waals surface area (Å²) in [5.41, 5.74) is 4.57. The zero-order chi connectivity index (χ0) is 17.0. The van der Waals surface area contributed by atoms with Crippen LogP contribution in [0.3, 0.4) is 0 Å². The lowest BCUT2D eigenvalue weighted by molar-refractivity contribution is 0.0952. The highest BCUT2D eigenvalue weighted by Gasteiger charge is 2.11. The number of benzene rings is 2. The van der Waals surface area contributed by atoms with Crippen LogP contribution in [-0.4, -0.2) is 24.3 Å². The molecule has 0 aliphatic heterocycles. The summed E-state index contributed by atoms with van der Waals surface area (Å²) in [5.74, 6) is 0.235. The Morgan fingerprint density at radius 3 is 2.52 bits per heavy atom. The van der Waals surface area contributed by atoms with Gasteiger partial charge in [-0.05, 0) is 74.2 Å². The Kier molecular flexibility index (Phi) is 5.79. The number of aryl methyl sites for hydroxylation is 1. The molecule has 120 valence electrons. The molecule has 0 fully saturated rings. The molecule has 0 unspecified atom stereocenters. The van der Waals surface area contributed by atoms with Crippen LogP contribution in [0, 0.1) is 6.92 Å². The highest BCUT2D eigenvalue weighted by Crippen LogP contribution is 2.32. The van der Waals surface area contributed by atoms with Crippen molar-refractivity contribution < 1.29 is 14.6 Å². The predicted octanol–water partition coefficient (Wildman–Crippen LogP) is 4.00. The van der Waals surface area contributed by atoms with E-state index in [-0.39, 0.29) is 11.7 Å². The summed E-state index contributed by atoms with van der Waals surface area (Å²) in [5, 5.41) is 13.6. The fourth-order valence-corrected chi connectivity index (χ4v) is 3.09. The number of hydrogen-bond acceptors (Lipinski definition) is 4. The van der Waals surface area contributed by atoms with Crippen molar-refractivity contribution in [1.82, 2.24) is 5.43 Å². The van der Waals surface area contributed by atoms with Gasteiger partial charge in [-0.25, -0.2) is 5.43 Å². The summed E-state index contributed by atoms with van der Waals surface area (Å²) in [7, 11) is 1.51. The third-order valence-electron chi connectivity index (χ3n) is 3.02. The van der Waals surface area contributed by atoms with Gasteiger partial charge in [0.15, 0.2) is 0 Å². The van der Waals surface area contributed by atoms with E-state index in [1.54, 1.807) is 24.3 Å². The molecule has 1 amide bonds. The first-order chi connectivity index (χ1) is 10.9. The maximum atomic E-state index is 12.2. The van der Waals surface area contributed by atoms with E-state index in [2.05, 4.69) is 42.4 Å². The number of methoxy groups -OCH3 is 1. The SMILES string of the molecule is COc1cc(C)ccc1C(=O)N/N=C\c1cc(Br)c(O)c(Br)c1. The monoisotopic (exact) mass is 440 g/mol. The lowest BCUT2D eigenvalue weighted by atomic mass is 10.1. The Bertz CT molecular complexity index is 753. The molecule has 2 rings (SSSR count). The number of rotatable bonds is 4. The Hall–Kier alpha value is -1.86. The molecule has 0 saturated carbocycles. The van der Waals surface area contributed by atoms with Gasteiger partial charge in [0, 0.05) is 0 Å². The molecular formula is C16H14Br2N2O3. The van der Waals surface area contributed by atoms with Crippen molar-refractivity contribution in [1.29, 1.82) is 0 Å². The number of nitrogens with one attached hydrogen (secondary N) is 1. The number of halogens is 2. The van der Waals surface area contributed by atoms with Gasteiger partial charge in [-0.2, -0.15) is 5.10 Å². The van der Waals surface area contributed by atoms with E-state index in [1.807, 2.05) is 13.0 Å². The van der Waals surface area contributed by atoms with Gasteiger partial charge >= 0.3 is 0 Å². The quantitative estimate of drug-likeness (QED) is 0.556. The number of ether oxygens (including phenoxy) is 1. The number of carbonyl (C=O) groups is 1. The Morgan fingerprint density at radius 2 is 1.91 bits per heavy atom. The van der Waals surface area contributed by atoms with Crippen LogP contribution in [0.2, 0.25) is 0 Å². The van der Waals surface area contributed by atoms with E-state index in [9.17, 15) is 9.90 Å². The van der Waals surface area contributed by atoms with Crippen molar-refractivity contribution in [3.8, 4) is 11.5 Å². The van der Waals surface area contributed by atoms with Crippen molar-refractivity contribution in [2.75, 3.05) is 7.11 Å². The van der Waals surface area contributed by atoms with Gasteiger partial charge in [0.1, 0.15) is 11.5 Å². The van der Waals surface area contributed by atoms with Crippen LogP contribution in [0.15, 0.2) is 44.4 Å². The molecule has 5 nitrogen and oxygen atoms in total. The van der Waals surface area contributed by atoms with Gasteiger partial charge in [-0.1, -0.05) is 6.07 Å². The summed E-state index contributed by atoms with van der Waals surface area (Å²) in [4.78, 5) is 12.2. The summed E-state index contributed by atoms with van der Waals surface area (Å²) >= 11 is 6.47. The molecule has 0 heterocycles. The molecule has 7 heteroatoms. The number of phenolic OH excluding ortho intramolecular Hbond substituents is 1. The molecule has 0 atom stereocenters. The first-order valence-corrected chi connectivity index (χ1v) is 8.17. The topological polar surface area (TPSA) is 70.9 Å². The van der Waals surface area contributed by atoms with Crippen LogP contribution >= 0.6 is 31.9 Å². The van der Waals surface area contributed by atoms with Gasteiger partial charge in [0.25, 0.3) is 5.91 Å². The van der Waals surface area contributed by atoms with Crippen molar-refractivity contribution in [2.45, 2.75) is 6.92 Å². The zero-order valence-electron chi connectivity index (χ0n) is 12.4. The van der Waals surface area contributed by atoms with Gasteiger partial charge in [-0.15, -0.1) is 0 Å². The number of nitrogens with zero attached hydrogens (tertiary/aromatic N) is 1. The van der Waals surface area contributed by atoms with Crippen LogP contribution in [0.25, 0.3) is 0 Å². The molecular weight excluding hydrogens is 428 g/mol. The van der Waals surface area contributed by atoms with Crippen LogP contribution < -0.4 is 10.2 Å². The summed E-state index contributed by atoms with van der Waals surface area (Å²) in [6.45, 7) is 1.92. The molecule has 0 aliphatic carbocycles. The molecule has 2 aromatic carbocycles. The maximum absolute atomic E-state index is 12.2. The van der Waals surface area contributed by atoms with E-state index in [0.29, 0.717) is 25.8 Å². The van der Waals surface area contributed by atoms with E-state index in [4.69, 9.17) is 4.74 Å². The van der Waals surface area contributed by atoms with Crippen molar-refractivity contribution >= 4 is 44.0 Å². The second-order valence-corrected chi connectivity index (χ2v) is 6.44. The van der Waals surface area contributed by atoms with Crippen LogP contribution in [0.1, 0.15) is 21.5 Å². The highest BCUT2D eigenvalue weighted by atomic mass is 79.9. The number of hydrazone groups is 1. The first-order valence-electron chi connectivity index (χ1n) is 6.58. The van der Waals surface area contributed by atoms with Crippen LogP contribution in [0.4, 0.5) is 0 Å². The summed E-state index contributed by atoms with van der Waals surface area (Å²) in [6, 6.07) is 8.67. The highest BCUT2D eigenvalue weighted by molar-refractivity contribution is 9.11. The standard InChI is InChI=1S/C16H14Br2N2O3/c1-9-3-4-11(14(5-9)23-2)16(22)20-19-8-10-6-12(17)15(21)13(18)7-10/h3-8,21H,1-2H3,(H,20,22)/b19-8-. The summed E-state index contributed by atoms with van der Waals surface area (Å²) in [6.07, 6.45) is 1.48. The van der Waals surface area contributed by atoms with Gasteiger partial charge < -0.3 is 9.84 Å². The molecule has 23 heavy (non-hydrogen) atoms. The second kappa shape index (κ2) is 7.61. The number of phenols is 1. The van der Waals surface area contributed by atoms with Crippen molar-refractivity contribution in [3.05, 3.63) is 56.0 Å². The smallest absolute Gasteiger partial charge is 0.275 e. The van der Waals surface area contributed by atoms with Crippen molar-refractivity contribution in [3.63, 3.8) is 0 Å². The molecule has 2 N–H and O–H groups in total.